The molecule has 0 aromatic heterocycles. The smallest absolute Gasteiger partial charge is 0.170 e. The number of rotatable bonds is 3. The molecule has 2 N–H and O–H groups in total. The number of hydrogen-bond donors (Lipinski definition) is 2. The molecule has 1 atom stereocenters. The summed E-state index contributed by atoms with van der Waals surface area (Å²) < 4.78 is 0. The van der Waals surface area contributed by atoms with E-state index < -0.39 is 0 Å². The van der Waals surface area contributed by atoms with Crippen molar-refractivity contribution in [3.63, 3.8) is 0 Å². The molecule has 0 radical (unpaired) electrons. The fourth-order valence-electron chi connectivity index (χ4n) is 1.03. The molecule has 2 nitrogen and oxygen atoms in total. The monoisotopic (exact) mass is 242 g/mol. The van der Waals surface area contributed by atoms with Crippen LogP contribution in [0, 0.1) is 0 Å². The molecule has 0 fully saturated rings. The normalized spacial score (nSPS) is 11.9. The lowest BCUT2D eigenvalue weighted by Crippen LogP contribution is -2.35. The van der Waals surface area contributed by atoms with Gasteiger partial charge in [0.2, 0.25) is 0 Å². The third-order valence-electron chi connectivity index (χ3n) is 2.09. The molecule has 0 aliphatic rings. The molecule has 0 unspecified atom stereocenters. The summed E-state index contributed by atoms with van der Waals surface area (Å²) in [6.45, 7) is 4.21. The van der Waals surface area contributed by atoms with Gasteiger partial charge in [0, 0.05) is 16.8 Å². The zero-order valence-corrected chi connectivity index (χ0v) is 10.5. The molecule has 0 aliphatic carbocycles. The number of nitrogens with one attached hydrogen (secondary N) is 2. The quantitative estimate of drug-likeness (QED) is 0.795. The van der Waals surface area contributed by atoms with Crippen LogP contribution in [0.4, 0.5) is 5.69 Å². The van der Waals surface area contributed by atoms with E-state index in [-0.39, 0.29) is 0 Å². The summed E-state index contributed by atoms with van der Waals surface area (Å²) in [5, 5.41) is 7.64. The largest absolute Gasteiger partial charge is 0.360 e. The van der Waals surface area contributed by atoms with Crippen LogP contribution in [0.15, 0.2) is 24.3 Å². The van der Waals surface area contributed by atoms with Gasteiger partial charge in [-0.25, -0.2) is 0 Å². The van der Waals surface area contributed by atoms with Crippen LogP contribution < -0.4 is 10.6 Å². The van der Waals surface area contributed by atoms with Gasteiger partial charge in [-0.15, -0.1) is 0 Å². The van der Waals surface area contributed by atoms with E-state index in [1.807, 2.05) is 24.3 Å². The Bertz CT molecular complexity index is 324. The van der Waals surface area contributed by atoms with Gasteiger partial charge in [0.05, 0.1) is 0 Å². The summed E-state index contributed by atoms with van der Waals surface area (Å²) in [6, 6.07) is 7.84. The van der Waals surface area contributed by atoms with Gasteiger partial charge in [0.15, 0.2) is 5.11 Å². The SMILES string of the molecule is CC[C@H](C)NC(=S)Nc1ccc(Cl)cc1. The predicted molar refractivity (Wildman–Crippen MR) is 70.6 cm³/mol. The zero-order chi connectivity index (χ0) is 11.3. The van der Waals surface area contributed by atoms with Gasteiger partial charge in [0.1, 0.15) is 0 Å². The lowest BCUT2D eigenvalue weighted by molar-refractivity contribution is 0.646. The predicted octanol–water partition coefficient (Wildman–Crippen LogP) is 3.42. The van der Waals surface area contributed by atoms with E-state index >= 15 is 0 Å². The van der Waals surface area contributed by atoms with E-state index in [1.54, 1.807) is 0 Å². The maximum absolute atomic E-state index is 5.78. The van der Waals surface area contributed by atoms with Gasteiger partial charge >= 0.3 is 0 Å². The van der Waals surface area contributed by atoms with Crippen molar-refractivity contribution in [2.45, 2.75) is 26.3 Å². The van der Waals surface area contributed by atoms with E-state index in [9.17, 15) is 0 Å². The van der Waals surface area contributed by atoms with Crippen molar-refractivity contribution in [3.05, 3.63) is 29.3 Å². The molecule has 0 amide bonds. The van der Waals surface area contributed by atoms with E-state index in [4.69, 9.17) is 23.8 Å². The molecule has 0 aliphatic heterocycles. The maximum atomic E-state index is 5.78. The highest BCUT2D eigenvalue weighted by atomic mass is 35.5. The van der Waals surface area contributed by atoms with Crippen LogP contribution in [0.3, 0.4) is 0 Å². The van der Waals surface area contributed by atoms with Crippen LogP contribution in [0.25, 0.3) is 0 Å². The van der Waals surface area contributed by atoms with Crippen molar-refractivity contribution in [2.24, 2.45) is 0 Å². The molecule has 1 rings (SSSR count). The Morgan fingerprint density at radius 1 is 1.40 bits per heavy atom. The van der Waals surface area contributed by atoms with Gasteiger partial charge in [-0.1, -0.05) is 18.5 Å². The molecule has 0 saturated carbocycles. The Morgan fingerprint density at radius 3 is 2.53 bits per heavy atom. The first kappa shape index (κ1) is 12.3. The minimum absolute atomic E-state index is 0.386. The summed E-state index contributed by atoms with van der Waals surface area (Å²) in [5.41, 5.74) is 0.945. The summed E-state index contributed by atoms with van der Waals surface area (Å²) in [7, 11) is 0. The highest BCUT2D eigenvalue weighted by Gasteiger charge is 2.01. The Kier molecular flexibility index (Phi) is 4.85. The average Bonchev–Trinajstić information content (AvgIpc) is 2.21. The van der Waals surface area contributed by atoms with Crippen LogP contribution in [0.5, 0.6) is 0 Å². The van der Waals surface area contributed by atoms with Crippen LogP contribution in [0.1, 0.15) is 20.3 Å². The fourth-order valence-corrected chi connectivity index (χ4v) is 1.47. The number of halogens is 1. The molecule has 1 aromatic rings. The van der Waals surface area contributed by atoms with Gasteiger partial charge in [-0.3, -0.25) is 0 Å². The average molecular weight is 243 g/mol. The first-order valence-corrected chi connectivity index (χ1v) is 5.73. The van der Waals surface area contributed by atoms with Gasteiger partial charge in [-0.05, 0) is 49.8 Å². The van der Waals surface area contributed by atoms with Gasteiger partial charge in [0.25, 0.3) is 0 Å². The molecular weight excluding hydrogens is 228 g/mol. The highest BCUT2D eigenvalue weighted by Crippen LogP contribution is 2.13. The Labute approximate surface area is 101 Å². The minimum Gasteiger partial charge on any atom is -0.360 e. The van der Waals surface area contributed by atoms with Crippen molar-refractivity contribution in [3.8, 4) is 0 Å². The Morgan fingerprint density at radius 2 is 2.00 bits per heavy atom. The first-order chi connectivity index (χ1) is 7.11. The lowest BCUT2D eigenvalue weighted by atomic mass is 10.3. The minimum atomic E-state index is 0.386. The van der Waals surface area contributed by atoms with E-state index in [0.717, 1.165) is 17.1 Å². The molecule has 0 heterocycles. The summed E-state index contributed by atoms with van der Waals surface area (Å²) >= 11 is 10.9. The number of hydrogen-bond acceptors (Lipinski definition) is 1. The number of thiocarbonyl (C=S) groups is 1. The zero-order valence-electron chi connectivity index (χ0n) is 8.88. The van der Waals surface area contributed by atoms with Crippen LogP contribution in [-0.4, -0.2) is 11.2 Å². The van der Waals surface area contributed by atoms with Gasteiger partial charge in [-0.2, -0.15) is 0 Å². The number of anilines is 1. The summed E-state index contributed by atoms with van der Waals surface area (Å²) in [4.78, 5) is 0. The third kappa shape index (κ3) is 4.49. The van der Waals surface area contributed by atoms with Crippen LogP contribution in [-0.2, 0) is 0 Å². The molecule has 0 spiro atoms. The fraction of sp³-hybridized carbons (Fsp3) is 0.364. The lowest BCUT2D eigenvalue weighted by Gasteiger charge is -2.15. The van der Waals surface area contributed by atoms with E-state index in [0.29, 0.717) is 11.2 Å². The van der Waals surface area contributed by atoms with Crippen molar-refractivity contribution >= 4 is 34.6 Å². The van der Waals surface area contributed by atoms with E-state index in [2.05, 4.69) is 24.5 Å². The molecule has 4 heteroatoms. The van der Waals surface area contributed by atoms with Crippen molar-refractivity contribution in [1.82, 2.24) is 5.32 Å². The molecule has 1 aromatic carbocycles. The highest BCUT2D eigenvalue weighted by molar-refractivity contribution is 7.80. The van der Waals surface area contributed by atoms with Crippen molar-refractivity contribution < 1.29 is 0 Å². The molecular formula is C11H15ClN2S. The Hall–Kier alpha value is -0.800. The Balaban J connectivity index is 2.48. The molecule has 15 heavy (non-hydrogen) atoms. The molecule has 0 saturated heterocycles. The second kappa shape index (κ2) is 5.93. The van der Waals surface area contributed by atoms with Crippen molar-refractivity contribution in [2.75, 3.05) is 5.32 Å². The van der Waals surface area contributed by atoms with Crippen molar-refractivity contribution in [1.29, 1.82) is 0 Å². The second-order valence-electron chi connectivity index (χ2n) is 3.41. The topological polar surface area (TPSA) is 24.1 Å². The van der Waals surface area contributed by atoms with Crippen LogP contribution in [0.2, 0.25) is 5.02 Å². The first-order valence-electron chi connectivity index (χ1n) is 4.95. The standard InChI is InChI=1S/C11H15ClN2S/c1-3-8(2)13-11(15)14-10-6-4-9(12)5-7-10/h4-8H,3H2,1-2H3,(H2,13,14,15)/t8-/m0/s1. The summed E-state index contributed by atoms with van der Waals surface area (Å²) in [5.74, 6) is 0. The molecule has 0 bridgehead atoms. The number of benzene rings is 1. The second-order valence-corrected chi connectivity index (χ2v) is 4.26. The van der Waals surface area contributed by atoms with Gasteiger partial charge < -0.3 is 10.6 Å². The molecule has 82 valence electrons. The summed E-state index contributed by atoms with van der Waals surface area (Å²) in [6.07, 6.45) is 1.04. The maximum Gasteiger partial charge on any atom is 0.170 e. The third-order valence-corrected chi connectivity index (χ3v) is 2.56. The van der Waals surface area contributed by atoms with E-state index in [1.165, 1.54) is 0 Å². The van der Waals surface area contributed by atoms with Crippen LogP contribution >= 0.6 is 23.8 Å².